The van der Waals surface area contributed by atoms with Crippen molar-refractivity contribution in [3.8, 4) is 16.9 Å². The zero-order chi connectivity index (χ0) is 28.1. The topological polar surface area (TPSA) is 98.4 Å². The SMILES string of the molecule is C=CC(=O)N1CCN(c2nc(=O)n3c4c(c(-c5ccc(F)cc5F)c(C)cc24)OCC3Cn2ccnn2)[C@@H](C)C1. The third-order valence-electron chi connectivity index (χ3n) is 7.58. The molecule has 4 heterocycles. The molecule has 40 heavy (non-hydrogen) atoms. The Morgan fingerprint density at radius 2 is 2.08 bits per heavy atom. The van der Waals surface area contributed by atoms with Crippen LogP contribution in [0.5, 0.6) is 5.75 Å². The normalized spacial score (nSPS) is 18.6. The maximum atomic E-state index is 15.1. The van der Waals surface area contributed by atoms with E-state index >= 15 is 4.39 Å². The van der Waals surface area contributed by atoms with Gasteiger partial charge in [0, 0.05) is 54.5 Å². The summed E-state index contributed by atoms with van der Waals surface area (Å²) in [5.74, 6) is -0.762. The van der Waals surface area contributed by atoms with E-state index in [4.69, 9.17) is 4.74 Å². The Morgan fingerprint density at radius 3 is 2.77 bits per heavy atom. The molecule has 0 aliphatic carbocycles. The highest BCUT2D eigenvalue weighted by molar-refractivity contribution is 6.00. The summed E-state index contributed by atoms with van der Waals surface area (Å²) in [5.41, 5.74) is 1.30. The van der Waals surface area contributed by atoms with E-state index in [1.165, 1.54) is 18.2 Å². The van der Waals surface area contributed by atoms with Crippen LogP contribution in [0.15, 0.2) is 54.1 Å². The van der Waals surface area contributed by atoms with E-state index in [1.807, 2.05) is 24.8 Å². The standard InChI is InChI=1S/C28H27F2N7O3/c1-4-23(38)34-9-10-36(17(3)13-34)27-21-11-16(2)24(20-6-5-18(29)12-22(20)30)26-25(21)37(28(39)32-27)19(15-40-26)14-35-8-7-31-33-35/h4-8,11-12,17,19H,1,9-10,13-15H2,2-3H3/t17-,19?/m0/s1. The van der Waals surface area contributed by atoms with Gasteiger partial charge in [0.05, 0.1) is 24.3 Å². The van der Waals surface area contributed by atoms with Crippen molar-refractivity contribution in [3.63, 3.8) is 0 Å². The lowest BCUT2D eigenvalue weighted by Gasteiger charge is -2.41. The number of hydrogen-bond acceptors (Lipinski definition) is 7. The van der Waals surface area contributed by atoms with Gasteiger partial charge in [-0.2, -0.15) is 4.98 Å². The molecular formula is C28H27F2N7O3. The number of ether oxygens (including phenoxy) is 1. The molecule has 12 heteroatoms. The van der Waals surface area contributed by atoms with Crippen molar-refractivity contribution >= 4 is 22.6 Å². The van der Waals surface area contributed by atoms with Gasteiger partial charge in [-0.25, -0.2) is 13.6 Å². The summed E-state index contributed by atoms with van der Waals surface area (Å²) < 4.78 is 38.3. The second-order valence-corrected chi connectivity index (χ2v) is 10.1. The zero-order valence-electron chi connectivity index (χ0n) is 22.0. The van der Waals surface area contributed by atoms with Crippen LogP contribution in [0.4, 0.5) is 14.6 Å². The van der Waals surface area contributed by atoms with E-state index in [2.05, 4.69) is 21.9 Å². The molecule has 0 spiro atoms. The molecule has 0 saturated carbocycles. The number of piperazine rings is 1. The van der Waals surface area contributed by atoms with E-state index in [1.54, 1.807) is 26.5 Å². The first-order valence-electron chi connectivity index (χ1n) is 13.0. The Bertz CT molecular complexity index is 1700. The van der Waals surface area contributed by atoms with E-state index in [0.717, 1.165) is 6.07 Å². The lowest BCUT2D eigenvalue weighted by Crippen LogP contribution is -2.54. The maximum Gasteiger partial charge on any atom is 0.350 e. The van der Waals surface area contributed by atoms with Gasteiger partial charge in [-0.3, -0.25) is 14.0 Å². The van der Waals surface area contributed by atoms with Crippen LogP contribution in [0.2, 0.25) is 0 Å². The van der Waals surface area contributed by atoms with Crippen LogP contribution in [-0.2, 0) is 11.3 Å². The number of benzene rings is 2. The minimum absolute atomic E-state index is 0.112. The summed E-state index contributed by atoms with van der Waals surface area (Å²) in [6, 6.07) is 4.67. The highest BCUT2D eigenvalue weighted by atomic mass is 19.1. The van der Waals surface area contributed by atoms with Crippen molar-refractivity contribution in [3.05, 3.63) is 77.0 Å². The molecule has 1 amide bonds. The number of rotatable bonds is 5. The quantitative estimate of drug-likeness (QED) is 0.354. The minimum Gasteiger partial charge on any atom is -0.488 e. The molecule has 1 unspecified atom stereocenters. The molecule has 2 aromatic heterocycles. The van der Waals surface area contributed by atoms with Crippen molar-refractivity contribution in [2.75, 3.05) is 31.1 Å². The second-order valence-electron chi connectivity index (χ2n) is 10.1. The Balaban J connectivity index is 1.57. The van der Waals surface area contributed by atoms with E-state index < -0.39 is 23.4 Å². The van der Waals surface area contributed by atoms with Gasteiger partial charge in [0.25, 0.3) is 0 Å². The summed E-state index contributed by atoms with van der Waals surface area (Å²) in [6.07, 6.45) is 4.54. The minimum atomic E-state index is -0.730. The molecule has 0 bridgehead atoms. The van der Waals surface area contributed by atoms with Crippen LogP contribution in [0.25, 0.3) is 22.0 Å². The van der Waals surface area contributed by atoms with Gasteiger partial charge in [-0.15, -0.1) is 5.10 Å². The summed E-state index contributed by atoms with van der Waals surface area (Å²) in [6.45, 7) is 9.12. The lowest BCUT2D eigenvalue weighted by molar-refractivity contribution is -0.126. The number of amides is 1. The Kier molecular flexibility index (Phi) is 6.32. The van der Waals surface area contributed by atoms with Crippen LogP contribution in [0.1, 0.15) is 18.5 Å². The molecule has 10 nitrogen and oxygen atoms in total. The predicted molar refractivity (Wildman–Crippen MR) is 144 cm³/mol. The third kappa shape index (κ3) is 4.19. The van der Waals surface area contributed by atoms with Crippen LogP contribution in [0, 0.1) is 18.6 Å². The first kappa shape index (κ1) is 25.7. The largest absolute Gasteiger partial charge is 0.488 e. The van der Waals surface area contributed by atoms with Crippen LogP contribution >= 0.6 is 0 Å². The van der Waals surface area contributed by atoms with Crippen molar-refractivity contribution in [2.45, 2.75) is 32.5 Å². The number of carbonyl (C=O) groups is 1. The fourth-order valence-corrected chi connectivity index (χ4v) is 5.75. The summed E-state index contributed by atoms with van der Waals surface area (Å²) in [4.78, 5) is 34.2. The van der Waals surface area contributed by atoms with Crippen molar-refractivity contribution in [2.24, 2.45) is 0 Å². The van der Waals surface area contributed by atoms with Gasteiger partial charge < -0.3 is 14.5 Å². The molecule has 4 aromatic rings. The van der Waals surface area contributed by atoms with Crippen molar-refractivity contribution in [1.82, 2.24) is 29.4 Å². The van der Waals surface area contributed by atoms with E-state index in [0.29, 0.717) is 59.8 Å². The Morgan fingerprint density at radius 1 is 1.25 bits per heavy atom. The molecular weight excluding hydrogens is 520 g/mol. The number of aryl methyl sites for hydroxylation is 1. The third-order valence-corrected chi connectivity index (χ3v) is 7.58. The van der Waals surface area contributed by atoms with Crippen LogP contribution < -0.4 is 15.3 Å². The molecule has 0 N–H and O–H groups in total. The van der Waals surface area contributed by atoms with Gasteiger partial charge in [0.2, 0.25) is 5.91 Å². The zero-order valence-corrected chi connectivity index (χ0v) is 22.0. The van der Waals surface area contributed by atoms with Gasteiger partial charge in [-0.05, 0) is 43.7 Å². The number of nitrogens with zero attached hydrogens (tertiary/aromatic N) is 7. The first-order chi connectivity index (χ1) is 19.3. The van der Waals surface area contributed by atoms with Crippen molar-refractivity contribution in [1.29, 1.82) is 0 Å². The Labute approximate surface area is 228 Å². The molecule has 2 aliphatic heterocycles. The highest BCUT2D eigenvalue weighted by Gasteiger charge is 2.34. The molecule has 2 aromatic carbocycles. The first-order valence-corrected chi connectivity index (χ1v) is 13.0. The predicted octanol–water partition coefficient (Wildman–Crippen LogP) is 3.10. The molecule has 206 valence electrons. The number of hydrogen-bond donors (Lipinski definition) is 0. The fraction of sp³-hybridized carbons (Fsp3) is 0.321. The van der Waals surface area contributed by atoms with E-state index in [9.17, 15) is 14.0 Å². The highest BCUT2D eigenvalue weighted by Crippen LogP contribution is 2.45. The van der Waals surface area contributed by atoms with Gasteiger partial charge in [-0.1, -0.05) is 11.8 Å². The lowest BCUT2D eigenvalue weighted by atomic mass is 9.95. The summed E-state index contributed by atoms with van der Waals surface area (Å²) >= 11 is 0. The number of anilines is 1. The summed E-state index contributed by atoms with van der Waals surface area (Å²) in [5, 5.41) is 8.54. The van der Waals surface area contributed by atoms with Crippen molar-refractivity contribution < 1.29 is 18.3 Å². The number of halogens is 2. The maximum absolute atomic E-state index is 15.1. The van der Waals surface area contributed by atoms with Gasteiger partial charge in [0.15, 0.2) is 5.75 Å². The second kappa shape index (κ2) is 9.85. The molecule has 1 saturated heterocycles. The molecule has 1 fully saturated rings. The summed E-state index contributed by atoms with van der Waals surface area (Å²) in [7, 11) is 0. The number of carbonyl (C=O) groups excluding carboxylic acids is 1. The van der Waals surface area contributed by atoms with Gasteiger partial charge in [0.1, 0.15) is 24.1 Å². The smallest absolute Gasteiger partial charge is 0.350 e. The average molecular weight is 548 g/mol. The average Bonchev–Trinajstić information content (AvgIpc) is 3.44. The van der Waals surface area contributed by atoms with Crippen LogP contribution in [-0.4, -0.2) is 67.6 Å². The van der Waals surface area contributed by atoms with E-state index in [-0.39, 0.29) is 24.1 Å². The molecule has 6 rings (SSSR count). The van der Waals surface area contributed by atoms with Crippen LogP contribution in [0.3, 0.4) is 0 Å². The monoisotopic (exact) mass is 547 g/mol. The molecule has 0 radical (unpaired) electrons. The molecule has 2 atom stereocenters. The Hall–Kier alpha value is -4.61. The molecule has 2 aliphatic rings. The number of aromatic nitrogens is 5. The van der Waals surface area contributed by atoms with Gasteiger partial charge >= 0.3 is 5.69 Å². The fourth-order valence-electron chi connectivity index (χ4n) is 5.75.